The number of allylic oxidation sites excluding steroid dienone is 1. The molecule has 0 bridgehead atoms. The number of rotatable bonds is 2. The summed E-state index contributed by atoms with van der Waals surface area (Å²) < 4.78 is 5.85. The maximum absolute atomic E-state index is 13.8. The van der Waals surface area contributed by atoms with E-state index in [0.29, 0.717) is 52.4 Å². The molecule has 182 valence electrons. The van der Waals surface area contributed by atoms with Crippen molar-refractivity contribution >= 4 is 40.5 Å². The van der Waals surface area contributed by atoms with Gasteiger partial charge in [0.1, 0.15) is 5.52 Å². The molecule has 4 aromatic rings. The van der Waals surface area contributed by atoms with Gasteiger partial charge in [-0.3, -0.25) is 14.9 Å². The lowest BCUT2D eigenvalue weighted by Crippen LogP contribution is -2.50. The summed E-state index contributed by atoms with van der Waals surface area (Å²) in [6, 6.07) is 23.3. The Hall–Kier alpha value is -4.72. The summed E-state index contributed by atoms with van der Waals surface area (Å²) in [7, 11) is 0. The Kier molecular flexibility index (Phi) is 4.60. The molecule has 3 heterocycles. The van der Waals surface area contributed by atoms with E-state index in [0.717, 1.165) is 11.1 Å². The van der Waals surface area contributed by atoms with Gasteiger partial charge in [0.05, 0.1) is 5.57 Å². The van der Waals surface area contributed by atoms with Crippen LogP contribution in [0.5, 0.6) is 0 Å². The summed E-state index contributed by atoms with van der Waals surface area (Å²) in [6.07, 6.45) is 0.875. The minimum Gasteiger partial charge on any atom is -0.423 e. The zero-order valence-electron chi connectivity index (χ0n) is 20.0. The Morgan fingerprint density at radius 1 is 0.946 bits per heavy atom. The molecule has 3 aromatic carbocycles. The summed E-state index contributed by atoms with van der Waals surface area (Å²) in [6.45, 7) is 2.04. The molecule has 2 aliphatic heterocycles. The van der Waals surface area contributed by atoms with Crippen molar-refractivity contribution in [3.8, 4) is 0 Å². The van der Waals surface area contributed by atoms with Crippen molar-refractivity contribution in [1.29, 1.82) is 0 Å². The number of ketones is 1. The van der Waals surface area contributed by atoms with Gasteiger partial charge in [-0.15, -0.1) is 0 Å². The van der Waals surface area contributed by atoms with Gasteiger partial charge in [-0.2, -0.15) is 4.98 Å². The second-order valence-electron chi connectivity index (χ2n) is 9.70. The number of Topliss-reactive ketones (excluding diaryl/α,β-unsaturated/α-hetero) is 1. The van der Waals surface area contributed by atoms with E-state index in [1.807, 2.05) is 55.5 Å². The van der Waals surface area contributed by atoms with Gasteiger partial charge in [-0.25, -0.2) is 4.99 Å². The number of hydrogen-bond acceptors (Lipinski definition) is 7. The highest BCUT2D eigenvalue weighted by atomic mass is 16.4. The molecular formula is C29H23N5O3. The molecule has 1 amide bonds. The van der Waals surface area contributed by atoms with E-state index in [9.17, 15) is 9.59 Å². The molecule has 1 spiro atoms. The van der Waals surface area contributed by atoms with Crippen LogP contribution in [-0.2, 0) is 15.1 Å². The molecule has 1 aliphatic carbocycles. The summed E-state index contributed by atoms with van der Waals surface area (Å²) in [5.74, 6) is -0.146. The van der Waals surface area contributed by atoms with Crippen LogP contribution in [0.2, 0.25) is 0 Å². The summed E-state index contributed by atoms with van der Waals surface area (Å²) in [5, 5.41) is 9.37. The molecule has 0 saturated heterocycles. The number of nitrogens with one attached hydrogen (secondary N) is 3. The molecule has 1 aromatic heterocycles. The number of para-hydroxylation sites is 3. The average Bonchev–Trinajstić information content (AvgIpc) is 3.42. The highest BCUT2D eigenvalue weighted by molar-refractivity contribution is 6.18. The first-order chi connectivity index (χ1) is 18.0. The van der Waals surface area contributed by atoms with Crippen molar-refractivity contribution in [2.45, 2.75) is 31.2 Å². The zero-order chi connectivity index (χ0) is 25.1. The third-order valence-electron chi connectivity index (χ3n) is 7.34. The van der Waals surface area contributed by atoms with Crippen molar-refractivity contribution in [2.24, 2.45) is 4.99 Å². The molecule has 8 heteroatoms. The first kappa shape index (κ1) is 21.6. The first-order valence-corrected chi connectivity index (χ1v) is 12.2. The molecule has 8 nitrogen and oxygen atoms in total. The van der Waals surface area contributed by atoms with Crippen LogP contribution in [0.25, 0.3) is 11.1 Å². The minimum absolute atomic E-state index is 0.0141. The van der Waals surface area contributed by atoms with Crippen LogP contribution in [0.3, 0.4) is 0 Å². The van der Waals surface area contributed by atoms with Gasteiger partial charge in [-0.1, -0.05) is 60.2 Å². The summed E-state index contributed by atoms with van der Waals surface area (Å²) in [5.41, 5.74) is 4.50. The quantitative estimate of drug-likeness (QED) is 0.375. The van der Waals surface area contributed by atoms with Crippen LogP contribution in [0, 0.1) is 6.92 Å². The van der Waals surface area contributed by atoms with Gasteiger partial charge >= 0.3 is 6.01 Å². The number of benzene rings is 3. The van der Waals surface area contributed by atoms with Gasteiger partial charge < -0.3 is 15.1 Å². The van der Waals surface area contributed by atoms with Crippen LogP contribution in [-0.4, -0.2) is 22.6 Å². The third-order valence-corrected chi connectivity index (χ3v) is 7.34. The van der Waals surface area contributed by atoms with E-state index in [4.69, 9.17) is 9.41 Å². The van der Waals surface area contributed by atoms with E-state index in [1.165, 1.54) is 0 Å². The van der Waals surface area contributed by atoms with E-state index >= 15 is 0 Å². The smallest absolute Gasteiger partial charge is 0.302 e. The molecular weight excluding hydrogens is 466 g/mol. The lowest BCUT2D eigenvalue weighted by Gasteiger charge is -2.38. The van der Waals surface area contributed by atoms with Crippen LogP contribution in [0.4, 0.5) is 11.7 Å². The van der Waals surface area contributed by atoms with Gasteiger partial charge in [0.2, 0.25) is 5.96 Å². The number of oxazole rings is 1. The number of hydrogen-bond donors (Lipinski definition) is 3. The Morgan fingerprint density at radius 2 is 1.73 bits per heavy atom. The van der Waals surface area contributed by atoms with Crippen molar-refractivity contribution in [3.63, 3.8) is 0 Å². The number of nitrogens with zero attached hydrogens (tertiary/aromatic N) is 2. The fourth-order valence-corrected chi connectivity index (χ4v) is 5.61. The molecule has 7 rings (SSSR count). The monoisotopic (exact) mass is 489 g/mol. The van der Waals surface area contributed by atoms with Gasteiger partial charge in [0.15, 0.2) is 16.9 Å². The Labute approximate surface area is 212 Å². The molecule has 0 saturated carbocycles. The molecule has 0 fully saturated rings. The van der Waals surface area contributed by atoms with Gasteiger partial charge in [-0.05, 0) is 43.0 Å². The molecule has 37 heavy (non-hydrogen) atoms. The standard InChI is InChI=1S/C29H23N5O3/c1-16-10-12-17(13-11-16)18-14-22-25(23(35)15-18)29(19-6-2-3-7-20(19)30-26(29)36)34-27(31-22)33-28-32-21-8-4-5-9-24(21)37-28/h2-13,18H,14-15H2,1H3,(H,30,36)(H2,31,32,33,34). The van der Waals surface area contributed by atoms with Crippen LogP contribution in [0.1, 0.15) is 35.4 Å². The van der Waals surface area contributed by atoms with Crippen molar-refractivity contribution < 1.29 is 14.0 Å². The maximum atomic E-state index is 13.8. The lowest BCUT2D eigenvalue weighted by molar-refractivity contribution is -0.123. The van der Waals surface area contributed by atoms with Crippen LogP contribution < -0.4 is 16.0 Å². The van der Waals surface area contributed by atoms with E-state index in [2.05, 4.69) is 45.2 Å². The fraction of sp³-hybridized carbons (Fsp3) is 0.172. The number of aryl methyl sites for hydroxylation is 1. The number of amides is 1. The second-order valence-corrected chi connectivity index (χ2v) is 9.70. The van der Waals surface area contributed by atoms with Crippen molar-refractivity contribution in [2.75, 3.05) is 10.6 Å². The molecule has 0 radical (unpaired) electrons. The number of guanidine groups is 1. The minimum atomic E-state index is -1.49. The Bertz CT molecular complexity index is 1630. The highest BCUT2D eigenvalue weighted by Crippen LogP contribution is 2.50. The Morgan fingerprint density at radius 3 is 2.57 bits per heavy atom. The average molecular weight is 490 g/mol. The van der Waals surface area contributed by atoms with E-state index in [1.54, 1.807) is 0 Å². The number of carbonyl (C=O) groups excluding carboxylic acids is 2. The summed E-state index contributed by atoms with van der Waals surface area (Å²) >= 11 is 0. The normalized spacial score (nSPS) is 22.4. The van der Waals surface area contributed by atoms with Crippen LogP contribution in [0.15, 0.2) is 93.5 Å². The fourth-order valence-electron chi connectivity index (χ4n) is 5.61. The SMILES string of the molecule is Cc1ccc(C2CC(=O)C3=C(C2)NC(Nc2nc4ccccc4o2)=NC32C(=O)Nc3ccccc32)cc1. The predicted molar refractivity (Wildman–Crippen MR) is 140 cm³/mol. The molecule has 3 aliphatic rings. The number of anilines is 2. The van der Waals surface area contributed by atoms with E-state index < -0.39 is 5.54 Å². The number of aromatic nitrogens is 1. The zero-order valence-corrected chi connectivity index (χ0v) is 20.0. The van der Waals surface area contributed by atoms with Crippen LogP contribution >= 0.6 is 0 Å². The third kappa shape index (κ3) is 3.29. The maximum Gasteiger partial charge on any atom is 0.302 e. The lowest BCUT2D eigenvalue weighted by atomic mass is 9.72. The Balaban J connectivity index is 1.35. The van der Waals surface area contributed by atoms with Crippen molar-refractivity contribution in [1.82, 2.24) is 10.3 Å². The number of carbonyl (C=O) groups is 2. The van der Waals surface area contributed by atoms with Gasteiger partial charge in [0.25, 0.3) is 5.91 Å². The second kappa shape index (κ2) is 7.89. The van der Waals surface area contributed by atoms with Gasteiger partial charge in [0, 0.05) is 23.4 Å². The number of aliphatic imine (C=N–C) groups is 1. The van der Waals surface area contributed by atoms with Crippen molar-refractivity contribution in [3.05, 3.63) is 101 Å². The first-order valence-electron chi connectivity index (χ1n) is 12.2. The number of fused-ring (bicyclic) bond motifs is 4. The summed E-state index contributed by atoms with van der Waals surface area (Å²) in [4.78, 5) is 36.8. The molecule has 2 atom stereocenters. The largest absolute Gasteiger partial charge is 0.423 e. The molecule has 2 unspecified atom stereocenters. The predicted octanol–water partition coefficient (Wildman–Crippen LogP) is 4.76. The topological polar surface area (TPSA) is 109 Å². The molecule has 3 N–H and O–H groups in total. The van der Waals surface area contributed by atoms with E-state index in [-0.39, 0.29) is 23.6 Å². The highest BCUT2D eigenvalue weighted by Gasteiger charge is 2.56.